The van der Waals surface area contributed by atoms with E-state index < -0.39 is 5.82 Å². The van der Waals surface area contributed by atoms with Gasteiger partial charge in [-0.3, -0.25) is 0 Å². The lowest BCUT2D eigenvalue weighted by molar-refractivity contribution is 0.241. The van der Waals surface area contributed by atoms with E-state index >= 15 is 0 Å². The first-order valence-corrected chi connectivity index (χ1v) is 5.71. The van der Waals surface area contributed by atoms with Crippen LogP contribution in [0.25, 0.3) is 0 Å². The molecule has 0 spiro atoms. The SMILES string of the molecule is CC(C)CNC(CO)c1ccc(F)c(Cl)c1. The van der Waals surface area contributed by atoms with E-state index in [2.05, 4.69) is 19.2 Å². The van der Waals surface area contributed by atoms with Crippen molar-refractivity contribution in [2.75, 3.05) is 13.2 Å². The molecule has 0 radical (unpaired) electrons. The molecular formula is C12H17ClFNO. The molecule has 2 nitrogen and oxygen atoms in total. The van der Waals surface area contributed by atoms with Crippen molar-refractivity contribution >= 4 is 11.6 Å². The summed E-state index contributed by atoms with van der Waals surface area (Å²) in [6.45, 7) is 4.92. The van der Waals surface area contributed by atoms with Crippen LogP contribution in [-0.2, 0) is 0 Å². The van der Waals surface area contributed by atoms with Crippen LogP contribution in [0.15, 0.2) is 18.2 Å². The third-order valence-corrected chi connectivity index (χ3v) is 2.59. The Morgan fingerprint density at radius 1 is 1.44 bits per heavy atom. The molecule has 0 aliphatic carbocycles. The predicted octanol–water partition coefficient (Wildman–Crippen LogP) is 2.76. The number of hydrogen-bond donors (Lipinski definition) is 2. The molecule has 0 saturated carbocycles. The fraction of sp³-hybridized carbons (Fsp3) is 0.500. The van der Waals surface area contributed by atoms with Crippen LogP contribution < -0.4 is 5.32 Å². The third-order valence-electron chi connectivity index (χ3n) is 2.30. The molecule has 0 fully saturated rings. The Hall–Kier alpha value is -0.640. The average Bonchev–Trinajstić information content (AvgIpc) is 2.23. The fourth-order valence-electron chi connectivity index (χ4n) is 1.39. The second kappa shape index (κ2) is 6.18. The molecule has 0 saturated heterocycles. The van der Waals surface area contributed by atoms with Gasteiger partial charge < -0.3 is 10.4 Å². The van der Waals surface area contributed by atoms with Crippen LogP contribution in [0.3, 0.4) is 0 Å². The van der Waals surface area contributed by atoms with Gasteiger partial charge in [-0.2, -0.15) is 0 Å². The van der Waals surface area contributed by atoms with Crippen LogP contribution >= 0.6 is 11.6 Å². The lowest BCUT2D eigenvalue weighted by Crippen LogP contribution is -2.27. The van der Waals surface area contributed by atoms with Crippen molar-refractivity contribution in [1.29, 1.82) is 0 Å². The lowest BCUT2D eigenvalue weighted by Gasteiger charge is -2.18. The normalized spacial score (nSPS) is 13.1. The molecular weight excluding hydrogens is 229 g/mol. The maximum Gasteiger partial charge on any atom is 0.141 e. The van der Waals surface area contributed by atoms with Crippen molar-refractivity contribution < 1.29 is 9.50 Å². The number of benzene rings is 1. The first kappa shape index (κ1) is 13.4. The highest BCUT2D eigenvalue weighted by Crippen LogP contribution is 2.20. The highest BCUT2D eigenvalue weighted by molar-refractivity contribution is 6.30. The van der Waals surface area contributed by atoms with Gasteiger partial charge in [-0.1, -0.05) is 31.5 Å². The number of nitrogens with one attached hydrogen (secondary N) is 1. The van der Waals surface area contributed by atoms with E-state index in [1.54, 1.807) is 12.1 Å². The predicted molar refractivity (Wildman–Crippen MR) is 64.1 cm³/mol. The highest BCUT2D eigenvalue weighted by atomic mass is 35.5. The Morgan fingerprint density at radius 2 is 2.12 bits per heavy atom. The van der Waals surface area contributed by atoms with Crippen LogP contribution in [0, 0.1) is 11.7 Å². The molecule has 90 valence electrons. The Labute approximate surface area is 100 Å². The largest absolute Gasteiger partial charge is 0.394 e. The van der Waals surface area contributed by atoms with Gasteiger partial charge in [0.15, 0.2) is 0 Å². The summed E-state index contributed by atoms with van der Waals surface area (Å²) in [6.07, 6.45) is 0. The zero-order valence-electron chi connectivity index (χ0n) is 9.50. The summed E-state index contributed by atoms with van der Waals surface area (Å²) in [4.78, 5) is 0. The Balaban J connectivity index is 2.74. The molecule has 1 atom stereocenters. The third kappa shape index (κ3) is 3.74. The molecule has 1 rings (SSSR count). The molecule has 0 heterocycles. The minimum absolute atomic E-state index is 0.0331. The van der Waals surface area contributed by atoms with Crippen molar-refractivity contribution in [3.63, 3.8) is 0 Å². The topological polar surface area (TPSA) is 32.3 Å². The van der Waals surface area contributed by atoms with Crippen LogP contribution in [0.1, 0.15) is 25.5 Å². The van der Waals surface area contributed by atoms with Crippen molar-refractivity contribution in [2.45, 2.75) is 19.9 Å². The van der Waals surface area contributed by atoms with Gasteiger partial charge in [-0.05, 0) is 30.2 Å². The van der Waals surface area contributed by atoms with E-state index in [1.165, 1.54) is 6.07 Å². The Kier molecular flexibility index (Phi) is 5.19. The zero-order valence-corrected chi connectivity index (χ0v) is 10.3. The van der Waals surface area contributed by atoms with Gasteiger partial charge in [-0.15, -0.1) is 0 Å². The maximum atomic E-state index is 13.0. The quantitative estimate of drug-likeness (QED) is 0.836. The van der Waals surface area contributed by atoms with Gasteiger partial charge in [-0.25, -0.2) is 4.39 Å². The summed E-state index contributed by atoms with van der Waals surface area (Å²) in [7, 11) is 0. The van der Waals surface area contributed by atoms with Gasteiger partial charge in [0, 0.05) is 0 Å². The van der Waals surface area contributed by atoms with Gasteiger partial charge >= 0.3 is 0 Å². The molecule has 0 amide bonds. The highest BCUT2D eigenvalue weighted by Gasteiger charge is 2.12. The van der Waals surface area contributed by atoms with E-state index in [4.69, 9.17) is 11.6 Å². The summed E-state index contributed by atoms with van der Waals surface area (Å²) in [5, 5.41) is 12.5. The van der Waals surface area contributed by atoms with Crippen LogP contribution in [-0.4, -0.2) is 18.3 Å². The number of aliphatic hydroxyl groups is 1. The van der Waals surface area contributed by atoms with Gasteiger partial charge in [0.2, 0.25) is 0 Å². The molecule has 1 aromatic rings. The number of hydrogen-bond acceptors (Lipinski definition) is 2. The summed E-state index contributed by atoms with van der Waals surface area (Å²) in [5.41, 5.74) is 0.801. The average molecular weight is 246 g/mol. The lowest BCUT2D eigenvalue weighted by atomic mass is 10.1. The van der Waals surface area contributed by atoms with E-state index in [0.717, 1.165) is 12.1 Å². The standard InChI is InChI=1S/C12H17ClFNO/c1-8(2)6-15-12(7-16)9-3-4-11(14)10(13)5-9/h3-5,8,12,15-16H,6-7H2,1-2H3. The van der Waals surface area contributed by atoms with E-state index in [0.29, 0.717) is 5.92 Å². The van der Waals surface area contributed by atoms with E-state index in [-0.39, 0.29) is 17.7 Å². The van der Waals surface area contributed by atoms with E-state index in [9.17, 15) is 9.50 Å². The molecule has 0 bridgehead atoms. The van der Waals surface area contributed by atoms with Crippen molar-refractivity contribution in [3.8, 4) is 0 Å². The van der Waals surface area contributed by atoms with E-state index in [1.807, 2.05) is 0 Å². The minimum atomic E-state index is -0.439. The maximum absolute atomic E-state index is 13.0. The smallest absolute Gasteiger partial charge is 0.141 e. The van der Waals surface area contributed by atoms with Crippen molar-refractivity contribution in [1.82, 2.24) is 5.32 Å². The summed E-state index contributed by atoms with van der Waals surface area (Å²) in [5.74, 6) is 0.0518. The second-order valence-electron chi connectivity index (χ2n) is 4.21. The van der Waals surface area contributed by atoms with Gasteiger partial charge in [0.25, 0.3) is 0 Å². The summed E-state index contributed by atoms with van der Waals surface area (Å²) >= 11 is 5.69. The Morgan fingerprint density at radius 3 is 2.62 bits per heavy atom. The molecule has 0 aliphatic rings. The first-order chi connectivity index (χ1) is 7.54. The molecule has 0 aromatic heterocycles. The number of rotatable bonds is 5. The molecule has 4 heteroatoms. The van der Waals surface area contributed by atoms with Crippen LogP contribution in [0.5, 0.6) is 0 Å². The zero-order chi connectivity index (χ0) is 12.1. The number of aliphatic hydroxyl groups excluding tert-OH is 1. The molecule has 1 aromatic carbocycles. The fourth-order valence-corrected chi connectivity index (χ4v) is 1.58. The van der Waals surface area contributed by atoms with Gasteiger partial charge in [0.1, 0.15) is 5.82 Å². The number of halogens is 2. The minimum Gasteiger partial charge on any atom is -0.394 e. The van der Waals surface area contributed by atoms with Crippen LogP contribution in [0.2, 0.25) is 5.02 Å². The van der Waals surface area contributed by atoms with Crippen molar-refractivity contribution in [2.24, 2.45) is 5.92 Å². The first-order valence-electron chi connectivity index (χ1n) is 5.33. The molecule has 0 aliphatic heterocycles. The summed E-state index contributed by atoms with van der Waals surface area (Å²) < 4.78 is 13.0. The Bertz CT molecular complexity index is 344. The van der Waals surface area contributed by atoms with Crippen molar-refractivity contribution in [3.05, 3.63) is 34.6 Å². The molecule has 16 heavy (non-hydrogen) atoms. The van der Waals surface area contributed by atoms with Gasteiger partial charge in [0.05, 0.1) is 17.7 Å². The second-order valence-corrected chi connectivity index (χ2v) is 4.62. The monoisotopic (exact) mass is 245 g/mol. The van der Waals surface area contributed by atoms with Crippen LogP contribution in [0.4, 0.5) is 4.39 Å². The molecule has 2 N–H and O–H groups in total. The summed E-state index contributed by atoms with van der Waals surface area (Å²) in [6, 6.07) is 4.30. The molecule has 1 unspecified atom stereocenters.